The molecule has 0 radical (unpaired) electrons. The van der Waals surface area contributed by atoms with Crippen LogP contribution in [0.2, 0.25) is 0 Å². The number of carbonyl (C=O) groups excluding carboxylic acids is 1. The van der Waals surface area contributed by atoms with Crippen molar-refractivity contribution in [1.29, 1.82) is 0 Å². The Hall–Kier alpha value is -5.12. The Kier molecular flexibility index (Phi) is 6.91. The van der Waals surface area contributed by atoms with Gasteiger partial charge in [0.05, 0.1) is 32.8 Å². The van der Waals surface area contributed by atoms with Gasteiger partial charge in [0.2, 0.25) is 5.91 Å². The van der Waals surface area contributed by atoms with Crippen LogP contribution in [0.15, 0.2) is 65.0 Å². The molecule has 0 bridgehead atoms. The summed E-state index contributed by atoms with van der Waals surface area (Å²) >= 11 is 1.38. The number of alkyl halides is 4. The van der Waals surface area contributed by atoms with Crippen molar-refractivity contribution in [3.63, 3.8) is 0 Å². The van der Waals surface area contributed by atoms with Gasteiger partial charge in [0.15, 0.2) is 5.65 Å². The summed E-state index contributed by atoms with van der Waals surface area (Å²) in [7, 11) is 0. The molecule has 1 fully saturated rings. The van der Waals surface area contributed by atoms with Crippen LogP contribution in [-0.4, -0.2) is 35.2 Å². The topological polar surface area (TPSA) is 108 Å². The van der Waals surface area contributed by atoms with Gasteiger partial charge in [-0.05, 0) is 60.4 Å². The maximum atomic E-state index is 15.2. The molecule has 244 valence electrons. The third-order valence-electron chi connectivity index (χ3n) is 8.71. The number of amides is 1. The molecule has 6 aromatic rings. The molecule has 8 rings (SSSR count). The molecule has 4 heterocycles. The van der Waals surface area contributed by atoms with Crippen LogP contribution in [-0.2, 0) is 23.7 Å². The van der Waals surface area contributed by atoms with Gasteiger partial charge in [0, 0.05) is 30.2 Å². The van der Waals surface area contributed by atoms with Gasteiger partial charge in [-0.3, -0.25) is 18.8 Å². The van der Waals surface area contributed by atoms with Crippen molar-refractivity contribution < 1.29 is 31.1 Å². The Morgan fingerprint density at radius 2 is 1.88 bits per heavy atom. The quantitative estimate of drug-likeness (QED) is 0.194. The highest BCUT2D eigenvalue weighted by Gasteiger charge is 2.67. The maximum absolute atomic E-state index is 15.2. The summed E-state index contributed by atoms with van der Waals surface area (Å²) in [5, 5.41) is 6.49. The maximum Gasteiger partial charge on any atom is 0.293 e. The highest BCUT2D eigenvalue weighted by molar-refractivity contribution is 7.16. The first kappa shape index (κ1) is 30.2. The molecule has 1 N–H and O–H groups in total. The van der Waals surface area contributed by atoms with Crippen LogP contribution in [0.1, 0.15) is 53.1 Å². The Labute approximate surface area is 269 Å². The largest absolute Gasteiger partial charge is 0.344 e. The van der Waals surface area contributed by atoms with Gasteiger partial charge in [-0.15, -0.1) is 11.3 Å². The summed E-state index contributed by atoms with van der Waals surface area (Å²) in [6.45, 7) is -0.876. The van der Waals surface area contributed by atoms with E-state index in [1.54, 1.807) is 29.8 Å². The number of hydrogen-bond donors (Lipinski definition) is 1. The number of halogens is 6. The van der Waals surface area contributed by atoms with E-state index in [1.165, 1.54) is 28.2 Å². The van der Waals surface area contributed by atoms with Gasteiger partial charge in [0.1, 0.15) is 35.4 Å². The summed E-state index contributed by atoms with van der Waals surface area (Å²) in [6, 6.07) is 9.50. The Bertz CT molecular complexity index is 2320. The zero-order chi connectivity index (χ0) is 33.5. The van der Waals surface area contributed by atoms with Gasteiger partial charge in [0.25, 0.3) is 17.9 Å². The normalized spacial score (nSPS) is 18.3. The average molecular weight is 682 g/mol. The Morgan fingerprint density at radius 3 is 2.65 bits per heavy atom. The van der Waals surface area contributed by atoms with Crippen molar-refractivity contribution >= 4 is 38.5 Å². The molecular weight excluding hydrogens is 660 g/mol. The van der Waals surface area contributed by atoms with Crippen LogP contribution in [0.3, 0.4) is 0 Å². The average Bonchev–Trinajstić information content (AvgIpc) is 3.44. The van der Waals surface area contributed by atoms with E-state index in [0.717, 1.165) is 16.8 Å². The van der Waals surface area contributed by atoms with Gasteiger partial charge in [-0.2, -0.15) is 13.9 Å². The minimum absolute atomic E-state index is 0.0125. The predicted molar refractivity (Wildman–Crippen MR) is 161 cm³/mol. The summed E-state index contributed by atoms with van der Waals surface area (Å²) in [5.41, 5.74) is 0.265. The minimum Gasteiger partial charge on any atom is -0.344 e. The monoisotopic (exact) mass is 681 g/mol. The number of carbonyl (C=O) groups is 1. The fraction of sp³-hybridized carbons (Fsp3) is 0.250. The first-order valence-electron chi connectivity index (χ1n) is 14.7. The van der Waals surface area contributed by atoms with Crippen molar-refractivity contribution in [3.05, 3.63) is 111 Å². The number of benzene rings is 2. The molecule has 0 saturated heterocycles. The lowest BCUT2D eigenvalue weighted by molar-refractivity contribution is -0.123. The van der Waals surface area contributed by atoms with Crippen molar-refractivity contribution in [2.75, 3.05) is 0 Å². The molecule has 0 spiro atoms. The van der Waals surface area contributed by atoms with E-state index in [1.807, 2.05) is 0 Å². The number of pyridine rings is 1. The van der Waals surface area contributed by atoms with Crippen molar-refractivity contribution in [3.8, 4) is 5.69 Å². The van der Waals surface area contributed by atoms with Gasteiger partial charge >= 0.3 is 0 Å². The van der Waals surface area contributed by atoms with Crippen molar-refractivity contribution in [2.45, 2.75) is 43.7 Å². The molecule has 1 unspecified atom stereocenters. The number of hydrogen-bond acceptors (Lipinski definition) is 7. The lowest BCUT2D eigenvalue weighted by Gasteiger charge is -2.23. The first-order chi connectivity index (χ1) is 23.0. The molecule has 4 aromatic heterocycles. The highest BCUT2D eigenvalue weighted by atomic mass is 32.1. The number of rotatable bonds is 8. The van der Waals surface area contributed by atoms with Crippen LogP contribution in [0.25, 0.3) is 26.9 Å². The van der Waals surface area contributed by atoms with E-state index >= 15 is 8.78 Å². The standard InChI is InChI=1S/C32H21F6N7O2S/c33-15-6-14(7-16(34)9-15)8-22(41-24(46)12-44-27-25(26(43-44)28(35)36)19-11-20(19)32(27,37)38)30-42-29-18(2-1-5-39-29)31(47)45(30)17-3-4-23-21(10-17)40-13-48-23/h1-7,9-10,13,19-20,22,28H,8,11-12H2,(H,41,46)/t19-,20?,22-/m0/s1. The fourth-order valence-electron chi connectivity index (χ4n) is 6.63. The van der Waals surface area contributed by atoms with Crippen LogP contribution in [0.4, 0.5) is 26.3 Å². The summed E-state index contributed by atoms with van der Waals surface area (Å²) in [5.74, 6) is -8.19. The third kappa shape index (κ3) is 4.93. The molecule has 16 heteroatoms. The number of nitrogens with one attached hydrogen (secondary N) is 1. The lowest BCUT2D eigenvalue weighted by atomic mass is 10.0. The van der Waals surface area contributed by atoms with E-state index in [2.05, 4.69) is 25.4 Å². The SMILES string of the molecule is O=C(Cn1nc(C(F)F)c2c1C(F)(F)C1C[C@H]21)N[C@@H](Cc1cc(F)cc(F)c1)c1nc2ncccc2c(=O)n1-c1ccc2scnc2c1. The molecule has 2 aliphatic rings. The molecule has 0 aliphatic heterocycles. The van der Waals surface area contributed by atoms with Crippen LogP contribution in [0.5, 0.6) is 0 Å². The second-order valence-corrected chi connectivity index (χ2v) is 12.7. The molecule has 1 amide bonds. The van der Waals surface area contributed by atoms with Gasteiger partial charge in [-0.25, -0.2) is 32.5 Å². The van der Waals surface area contributed by atoms with Gasteiger partial charge < -0.3 is 5.32 Å². The smallest absolute Gasteiger partial charge is 0.293 e. The molecule has 48 heavy (non-hydrogen) atoms. The second-order valence-electron chi connectivity index (χ2n) is 11.8. The zero-order valence-corrected chi connectivity index (χ0v) is 25.2. The second kappa shape index (κ2) is 11.0. The Balaban J connectivity index is 1.25. The lowest BCUT2D eigenvalue weighted by Crippen LogP contribution is -2.38. The van der Waals surface area contributed by atoms with E-state index in [-0.39, 0.29) is 40.8 Å². The number of aromatic nitrogens is 6. The van der Waals surface area contributed by atoms with Crippen LogP contribution >= 0.6 is 11.3 Å². The molecular formula is C32H21F6N7O2S. The highest BCUT2D eigenvalue weighted by Crippen LogP contribution is 2.68. The predicted octanol–water partition coefficient (Wildman–Crippen LogP) is 6.11. The van der Waals surface area contributed by atoms with E-state index in [9.17, 15) is 27.2 Å². The van der Waals surface area contributed by atoms with Crippen molar-refractivity contribution in [1.82, 2.24) is 34.6 Å². The number of fused-ring (bicyclic) bond motifs is 5. The molecule has 9 nitrogen and oxygen atoms in total. The first-order valence-corrected chi connectivity index (χ1v) is 15.6. The summed E-state index contributed by atoms with van der Waals surface area (Å²) < 4.78 is 89.4. The Morgan fingerprint density at radius 1 is 1.08 bits per heavy atom. The van der Waals surface area contributed by atoms with Gasteiger partial charge in [-0.1, -0.05) is 0 Å². The molecule has 2 aromatic carbocycles. The van der Waals surface area contributed by atoms with Crippen LogP contribution < -0.4 is 10.9 Å². The molecule has 2 aliphatic carbocycles. The molecule has 3 atom stereocenters. The van der Waals surface area contributed by atoms with E-state index in [4.69, 9.17) is 0 Å². The molecule has 1 saturated carbocycles. The minimum atomic E-state index is -3.46. The fourth-order valence-corrected chi connectivity index (χ4v) is 7.29. The van der Waals surface area contributed by atoms with E-state index < -0.39 is 71.3 Å². The van der Waals surface area contributed by atoms with Crippen LogP contribution in [0, 0.1) is 17.6 Å². The zero-order valence-electron chi connectivity index (χ0n) is 24.4. The number of thiazole rings is 1. The van der Waals surface area contributed by atoms with Crippen molar-refractivity contribution in [2.24, 2.45) is 5.92 Å². The third-order valence-corrected chi connectivity index (χ3v) is 9.52. The number of nitrogens with zero attached hydrogens (tertiary/aromatic N) is 6. The summed E-state index contributed by atoms with van der Waals surface area (Å²) in [4.78, 5) is 40.8. The summed E-state index contributed by atoms with van der Waals surface area (Å²) in [6.07, 6.45) is -1.99. The van der Waals surface area contributed by atoms with E-state index in [0.29, 0.717) is 22.0 Å².